The van der Waals surface area contributed by atoms with Crippen molar-refractivity contribution < 1.29 is 0 Å². The van der Waals surface area contributed by atoms with Crippen molar-refractivity contribution in [3.05, 3.63) is 77.4 Å². The number of nitriles is 1. The maximum absolute atomic E-state index is 8.87. The molecule has 0 radical (unpaired) electrons. The fraction of sp³-hybridized carbons (Fsp3) is 0.318. The molecule has 2 nitrogen and oxygen atoms in total. The van der Waals surface area contributed by atoms with Gasteiger partial charge in [-0.25, -0.2) is 0 Å². The van der Waals surface area contributed by atoms with Crippen LogP contribution in [-0.4, -0.2) is 18.0 Å². The first-order valence-electron chi connectivity index (χ1n) is 8.59. The van der Waals surface area contributed by atoms with Gasteiger partial charge in [0.05, 0.1) is 6.07 Å². The molecule has 0 aliphatic carbocycles. The average molecular weight is 318 g/mol. The van der Waals surface area contributed by atoms with E-state index in [1.54, 1.807) is 0 Å². The standard InChI is InChI=1S/C22H26N2/c1-19(2)22-13-6-11-20(17-22)12-7-15-24(16-8-14-23)18-21-9-4-3-5-10-21/h3-7,9-13,17,19H,8,15-16,18H2,1-2H3. The van der Waals surface area contributed by atoms with Crippen molar-refractivity contribution in [3.63, 3.8) is 0 Å². The molecule has 0 unspecified atom stereocenters. The summed E-state index contributed by atoms with van der Waals surface area (Å²) in [6, 6.07) is 21.3. The molecule has 2 aromatic rings. The molecule has 0 saturated heterocycles. The van der Waals surface area contributed by atoms with Crippen LogP contribution in [0.25, 0.3) is 6.08 Å². The Hall–Kier alpha value is -2.37. The third kappa shape index (κ3) is 6.02. The van der Waals surface area contributed by atoms with E-state index in [1.165, 1.54) is 16.7 Å². The topological polar surface area (TPSA) is 27.0 Å². The molecule has 2 rings (SSSR count). The second kappa shape index (κ2) is 9.70. The van der Waals surface area contributed by atoms with E-state index < -0.39 is 0 Å². The van der Waals surface area contributed by atoms with Gasteiger partial charge in [-0.3, -0.25) is 4.90 Å². The van der Waals surface area contributed by atoms with Crippen LogP contribution in [0.4, 0.5) is 0 Å². The second-order valence-corrected chi connectivity index (χ2v) is 6.36. The Kier molecular flexibility index (Phi) is 7.26. The Bertz CT molecular complexity index is 681. The van der Waals surface area contributed by atoms with Crippen LogP contribution in [0.2, 0.25) is 0 Å². The molecule has 0 aliphatic heterocycles. The predicted octanol–water partition coefficient (Wildman–Crippen LogP) is 5.24. The van der Waals surface area contributed by atoms with Crippen LogP contribution >= 0.6 is 0 Å². The van der Waals surface area contributed by atoms with Gasteiger partial charge in [-0.15, -0.1) is 0 Å². The minimum Gasteiger partial charge on any atom is -0.294 e. The molecule has 0 aromatic heterocycles. The molecule has 0 heterocycles. The Morgan fingerprint density at radius 1 is 1.08 bits per heavy atom. The molecule has 0 atom stereocenters. The number of hydrogen-bond acceptors (Lipinski definition) is 2. The molecule has 24 heavy (non-hydrogen) atoms. The monoisotopic (exact) mass is 318 g/mol. The summed E-state index contributed by atoms with van der Waals surface area (Å²) >= 11 is 0. The van der Waals surface area contributed by atoms with Gasteiger partial charge in [0.1, 0.15) is 0 Å². The van der Waals surface area contributed by atoms with Gasteiger partial charge in [0.15, 0.2) is 0 Å². The molecule has 0 bridgehead atoms. The summed E-state index contributed by atoms with van der Waals surface area (Å²) in [7, 11) is 0. The van der Waals surface area contributed by atoms with Crippen LogP contribution in [0.5, 0.6) is 0 Å². The first-order valence-corrected chi connectivity index (χ1v) is 8.59. The molecule has 124 valence electrons. The van der Waals surface area contributed by atoms with E-state index in [0.29, 0.717) is 12.3 Å². The van der Waals surface area contributed by atoms with Crippen LogP contribution in [0, 0.1) is 11.3 Å². The van der Waals surface area contributed by atoms with Crippen LogP contribution in [-0.2, 0) is 6.54 Å². The van der Waals surface area contributed by atoms with Gasteiger partial charge in [0.25, 0.3) is 0 Å². The largest absolute Gasteiger partial charge is 0.294 e. The summed E-state index contributed by atoms with van der Waals surface area (Å²) in [4.78, 5) is 2.31. The minimum atomic E-state index is 0.545. The van der Waals surface area contributed by atoms with Gasteiger partial charge < -0.3 is 0 Å². The maximum atomic E-state index is 8.87. The molecule has 0 N–H and O–H groups in total. The van der Waals surface area contributed by atoms with Gasteiger partial charge >= 0.3 is 0 Å². The number of rotatable bonds is 8. The van der Waals surface area contributed by atoms with Gasteiger partial charge in [0, 0.05) is 26.1 Å². The minimum absolute atomic E-state index is 0.545. The van der Waals surface area contributed by atoms with Crippen LogP contribution in [0.3, 0.4) is 0 Å². The second-order valence-electron chi connectivity index (χ2n) is 6.36. The first kappa shape index (κ1) is 18.0. The smallest absolute Gasteiger partial charge is 0.0635 e. The molecule has 0 aliphatic rings. The summed E-state index contributed by atoms with van der Waals surface area (Å²) in [5, 5.41) is 8.87. The molecule has 2 aromatic carbocycles. The fourth-order valence-corrected chi connectivity index (χ4v) is 2.64. The van der Waals surface area contributed by atoms with E-state index in [-0.39, 0.29) is 0 Å². The number of benzene rings is 2. The molecule has 0 fully saturated rings. The summed E-state index contributed by atoms with van der Waals surface area (Å²) in [6.07, 6.45) is 4.93. The summed E-state index contributed by atoms with van der Waals surface area (Å²) in [6.45, 7) is 6.95. The lowest BCUT2D eigenvalue weighted by atomic mass is 10.0. The summed E-state index contributed by atoms with van der Waals surface area (Å²) in [5.41, 5.74) is 3.88. The predicted molar refractivity (Wildman–Crippen MR) is 102 cm³/mol. The fourth-order valence-electron chi connectivity index (χ4n) is 2.64. The summed E-state index contributed by atoms with van der Waals surface area (Å²) in [5.74, 6) is 0.545. The van der Waals surface area contributed by atoms with Gasteiger partial charge in [-0.05, 0) is 22.6 Å². The summed E-state index contributed by atoms with van der Waals surface area (Å²) < 4.78 is 0. The molecule has 0 spiro atoms. The quantitative estimate of drug-likeness (QED) is 0.665. The van der Waals surface area contributed by atoms with Crippen molar-refractivity contribution in [1.29, 1.82) is 5.26 Å². The van der Waals surface area contributed by atoms with Crippen molar-refractivity contribution in [3.8, 4) is 6.07 Å². The van der Waals surface area contributed by atoms with Gasteiger partial charge in [0.2, 0.25) is 0 Å². The van der Waals surface area contributed by atoms with Gasteiger partial charge in [-0.1, -0.05) is 80.6 Å². The number of hydrogen-bond donors (Lipinski definition) is 0. The van der Waals surface area contributed by atoms with Crippen molar-refractivity contribution in [2.75, 3.05) is 13.1 Å². The normalized spacial score (nSPS) is 11.3. The van der Waals surface area contributed by atoms with Gasteiger partial charge in [-0.2, -0.15) is 5.26 Å². The van der Waals surface area contributed by atoms with E-state index in [2.05, 4.69) is 85.5 Å². The molecule has 0 amide bonds. The van der Waals surface area contributed by atoms with E-state index in [0.717, 1.165) is 19.6 Å². The first-order chi connectivity index (χ1) is 11.7. The zero-order valence-corrected chi connectivity index (χ0v) is 14.7. The zero-order valence-electron chi connectivity index (χ0n) is 14.7. The van der Waals surface area contributed by atoms with Crippen molar-refractivity contribution >= 4 is 6.08 Å². The maximum Gasteiger partial charge on any atom is 0.0635 e. The van der Waals surface area contributed by atoms with E-state index in [1.807, 2.05) is 6.07 Å². The Balaban J connectivity index is 1.99. The van der Waals surface area contributed by atoms with Crippen molar-refractivity contribution in [2.45, 2.75) is 32.7 Å². The highest BCUT2D eigenvalue weighted by Crippen LogP contribution is 2.16. The third-order valence-corrected chi connectivity index (χ3v) is 4.04. The number of nitrogens with zero attached hydrogens (tertiary/aromatic N) is 2. The zero-order chi connectivity index (χ0) is 17.2. The molecule has 2 heteroatoms. The lowest BCUT2D eigenvalue weighted by Gasteiger charge is -2.19. The van der Waals surface area contributed by atoms with E-state index >= 15 is 0 Å². The Labute approximate surface area is 146 Å². The van der Waals surface area contributed by atoms with E-state index in [4.69, 9.17) is 5.26 Å². The van der Waals surface area contributed by atoms with Crippen molar-refractivity contribution in [1.82, 2.24) is 4.90 Å². The van der Waals surface area contributed by atoms with Crippen LogP contribution < -0.4 is 0 Å². The molecule has 0 saturated carbocycles. The lowest BCUT2D eigenvalue weighted by molar-refractivity contribution is 0.302. The average Bonchev–Trinajstić information content (AvgIpc) is 2.60. The lowest BCUT2D eigenvalue weighted by Crippen LogP contribution is -2.24. The third-order valence-electron chi connectivity index (χ3n) is 4.04. The van der Waals surface area contributed by atoms with Crippen LogP contribution in [0.1, 0.15) is 42.9 Å². The highest BCUT2D eigenvalue weighted by Gasteiger charge is 2.04. The molecular weight excluding hydrogens is 292 g/mol. The molecular formula is C22H26N2. The Morgan fingerprint density at radius 2 is 1.88 bits per heavy atom. The highest BCUT2D eigenvalue weighted by atomic mass is 15.1. The van der Waals surface area contributed by atoms with Crippen molar-refractivity contribution in [2.24, 2.45) is 0 Å². The van der Waals surface area contributed by atoms with Crippen LogP contribution in [0.15, 0.2) is 60.7 Å². The Morgan fingerprint density at radius 3 is 2.58 bits per heavy atom. The highest BCUT2D eigenvalue weighted by molar-refractivity contribution is 5.50. The van der Waals surface area contributed by atoms with E-state index in [9.17, 15) is 0 Å². The SMILES string of the molecule is CC(C)c1cccc(C=CCN(CCC#N)Cc2ccccc2)c1.